The monoisotopic (exact) mass is 429 g/mol. The highest BCUT2D eigenvalue weighted by Crippen LogP contribution is 2.03. The first-order valence-electron chi connectivity index (χ1n) is 8.51. The Labute approximate surface area is 173 Å². The molecule has 1 aromatic heterocycles. The molecule has 0 fully saturated rings. The molecule has 9 nitrogen and oxygen atoms in total. The van der Waals surface area contributed by atoms with E-state index in [2.05, 4.69) is 40.9 Å². The minimum atomic E-state index is -0.951. The van der Waals surface area contributed by atoms with Crippen molar-refractivity contribution in [1.29, 1.82) is 0 Å². The molecule has 0 aromatic carbocycles. The molecule has 0 aliphatic carbocycles. The lowest BCUT2D eigenvalue weighted by molar-refractivity contribution is -0.145. The molecule has 0 spiro atoms. The van der Waals surface area contributed by atoms with Crippen LogP contribution in [-0.4, -0.2) is 65.5 Å². The molecule has 28 heavy (non-hydrogen) atoms. The van der Waals surface area contributed by atoms with Gasteiger partial charge in [-0.2, -0.15) is 25.3 Å². The van der Waals surface area contributed by atoms with Crippen LogP contribution in [0.3, 0.4) is 0 Å². The second kappa shape index (κ2) is 12.2. The van der Waals surface area contributed by atoms with E-state index in [9.17, 15) is 19.2 Å². The summed E-state index contributed by atoms with van der Waals surface area (Å²) in [6.07, 6.45) is 0. The summed E-state index contributed by atoms with van der Waals surface area (Å²) in [5.41, 5.74) is -0.162. The number of hydrogen-bond donors (Lipinski definition) is 4. The van der Waals surface area contributed by atoms with E-state index in [1.807, 2.05) is 0 Å². The van der Waals surface area contributed by atoms with Crippen LogP contribution in [0.4, 0.5) is 0 Å². The Balaban J connectivity index is 2.87. The normalized spacial score (nSPS) is 12.4. The van der Waals surface area contributed by atoms with Crippen LogP contribution in [0.15, 0.2) is 18.2 Å². The zero-order valence-corrected chi connectivity index (χ0v) is 17.3. The van der Waals surface area contributed by atoms with Gasteiger partial charge in [-0.25, -0.2) is 14.6 Å². The van der Waals surface area contributed by atoms with E-state index in [1.54, 1.807) is 13.8 Å². The number of nitrogens with zero attached hydrogens (tertiary/aromatic N) is 1. The first-order valence-corrected chi connectivity index (χ1v) is 9.78. The van der Waals surface area contributed by atoms with Crippen molar-refractivity contribution in [2.24, 2.45) is 0 Å². The van der Waals surface area contributed by atoms with Gasteiger partial charge in [0, 0.05) is 11.5 Å². The van der Waals surface area contributed by atoms with Crippen LogP contribution in [0.1, 0.15) is 34.8 Å². The Bertz CT molecular complexity index is 661. The van der Waals surface area contributed by atoms with Crippen LogP contribution in [0.5, 0.6) is 0 Å². The lowest BCUT2D eigenvalue weighted by Crippen LogP contribution is -2.44. The van der Waals surface area contributed by atoms with Crippen LogP contribution in [0, 0.1) is 0 Å². The van der Waals surface area contributed by atoms with Crippen LogP contribution in [0.2, 0.25) is 0 Å². The molecule has 2 unspecified atom stereocenters. The Morgan fingerprint density at radius 2 is 1.29 bits per heavy atom. The molecule has 0 radical (unpaired) electrons. The second-order valence-corrected chi connectivity index (χ2v) is 6.06. The van der Waals surface area contributed by atoms with Gasteiger partial charge in [0.1, 0.15) is 23.5 Å². The molecular weight excluding hydrogens is 406 g/mol. The maximum atomic E-state index is 12.3. The Kier molecular flexibility index (Phi) is 10.4. The van der Waals surface area contributed by atoms with E-state index in [-0.39, 0.29) is 36.1 Å². The predicted octanol–water partition coefficient (Wildman–Crippen LogP) is 0.264. The molecule has 1 rings (SSSR count). The van der Waals surface area contributed by atoms with Crippen molar-refractivity contribution in [1.82, 2.24) is 15.6 Å². The molecule has 1 heterocycles. The van der Waals surface area contributed by atoms with Crippen LogP contribution in [-0.2, 0) is 19.1 Å². The van der Waals surface area contributed by atoms with Gasteiger partial charge < -0.3 is 20.1 Å². The topological polar surface area (TPSA) is 124 Å². The van der Waals surface area contributed by atoms with Crippen LogP contribution in [0.25, 0.3) is 0 Å². The van der Waals surface area contributed by atoms with Gasteiger partial charge >= 0.3 is 11.9 Å². The molecule has 0 aliphatic rings. The summed E-state index contributed by atoms with van der Waals surface area (Å²) in [5, 5.41) is 4.90. The highest BCUT2D eigenvalue weighted by atomic mass is 32.1. The first kappa shape index (κ1) is 23.8. The number of aromatic nitrogens is 1. The predicted molar refractivity (Wildman–Crippen MR) is 108 cm³/mol. The third kappa shape index (κ3) is 7.04. The number of thiol groups is 2. The highest BCUT2D eigenvalue weighted by molar-refractivity contribution is 7.80. The summed E-state index contributed by atoms with van der Waals surface area (Å²) in [6.45, 7) is 3.62. The zero-order valence-electron chi connectivity index (χ0n) is 15.5. The summed E-state index contributed by atoms with van der Waals surface area (Å²) in [4.78, 5) is 52.2. The largest absolute Gasteiger partial charge is 0.464 e. The van der Waals surface area contributed by atoms with Crippen LogP contribution < -0.4 is 10.6 Å². The fourth-order valence-corrected chi connectivity index (χ4v) is 2.48. The number of ether oxygens (including phenoxy) is 2. The molecule has 11 heteroatoms. The third-order valence-electron chi connectivity index (χ3n) is 3.33. The Morgan fingerprint density at radius 1 is 0.893 bits per heavy atom. The van der Waals surface area contributed by atoms with E-state index in [0.717, 1.165) is 0 Å². The first-order chi connectivity index (χ1) is 13.4. The summed E-state index contributed by atoms with van der Waals surface area (Å²) in [7, 11) is 0. The Morgan fingerprint density at radius 3 is 1.61 bits per heavy atom. The van der Waals surface area contributed by atoms with Gasteiger partial charge in [0.05, 0.1) is 13.2 Å². The summed E-state index contributed by atoms with van der Waals surface area (Å²) in [6, 6.07) is 2.32. The fourth-order valence-electron chi connectivity index (χ4n) is 2.00. The lowest BCUT2D eigenvalue weighted by Gasteiger charge is -2.16. The van der Waals surface area contributed by atoms with Gasteiger partial charge in [-0.1, -0.05) is 6.07 Å². The number of rotatable bonds is 10. The molecule has 0 aliphatic heterocycles. The van der Waals surface area contributed by atoms with Gasteiger partial charge in [-0.15, -0.1) is 0 Å². The van der Waals surface area contributed by atoms with Crippen LogP contribution >= 0.6 is 25.3 Å². The van der Waals surface area contributed by atoms with E-state index in [4.69, 9.17) is 9.47 Å². The van der Waals surface area contributed by atoms with Gasteiger partial charge in [0.25, 0.3) is 11.8 Å². The quantitative estimate of drug-likeness (QED) is 0.311. The number of amides is 2. The van der Waals surface area contributed by atoms with Crippen molar-refractivity contribution in [2.45, 2.75) is 25.9 Å². The van der Waals surface area contributed by atoms with Crippen molar-refractivity contribution in [3.05, 3.63) is 29.6 Å². The third-order valence-corrected chi connectivity index (χ3v) is 4.06. The summed E-state index contributed by atoms with van der Waals surface area (Å²) < 4.78 is 9.71. The lowest BCUT2D eigenvalue weighted by atomic mass is 10.2. The van der Waals surface area contributed by atoms with Gasteiger partial charge in [-0.3, -0.25) is 9.59 Å². The summed E-state index contributed by atoms with van der Waals surface area (Å²) >= 11 is 8.04. The minimum absolute atomic E-state index is 0.0356. The molecule has 0 bridgehead atoms. The molecule has 154 valence electrons. The SMILES string of the molecule is CCOC(=O)C(CS)NC(=O)c1cccc(C(=O)NC(CS)C(=O)OCC)n1. The standard InChI is InChI=1S/C17H23N3O6S2/c1-3-25-16(23)12(8-27)19-14(21)10-6-5-7-11(18-10)15(22)20-13(9-28)17(24)26-4-2/h5-7,12-13,27-28H,3-4,8-9H2,1-2H3,(H,19,21)(H,20,22). The van der Waals surface area contributed by atoms with Crippen molar-refractivity contribution >= 4 is 49.0 Å². The molecule has 2 N–H and O–H groups in total. The van der Waals surface area contributed by atoms with E-state index < -0.39 is 35.8 Å². The second-order valence-electron chi connectivity index (χ2n) is 5.33. The average molecular weight is 430 g/mol. The minimum Gasteiger partial charge on any atom is -0.464 e. The van der Waals surface area contributed by atoms with Crippen molar-refractivity contribution in [2.75, 3.05) is 24.7 Å². The number of esters is 2. The number of hydrogen-bond acceptors (Lipinski definition) is 9. The van der Waals surface area contributed by atoms with E-state index >= 15 is 0 Å². The van der Waals surface area contributed by atoms with Gasteiger partial charge in [0.2, 0.25) is 0 Å². The zero-order chi connectivity index (χ0) is 21.1. The van der Waals surface area contributed by atoms with Crippen molar-refractivity contribution in [3.63, 3.8) is 0 Å². The molecular formula is C17H23N3O6S2. The highest BCUT2D eigenvalue weighted by Gasteiger charge is 2.24. The Hall–Kier alpha value is -2.27. The number of carbonyl (C=O) groups excluding carboxylic acids is 4. The van der Waals surface area contributed by atoms with Gasteiger partial charge in [-0.05, 0) is 26.0 Å². The van der Waals surface area contributed by atoms with Crippen molar-refractivity contribution in [3.8, 4) is 0 Å². The maximum absolute atomic E-state index is 12.3. The molecule has 0 saturated carbocycles. The van der Waals surface area contributed by atoms with E-state index in [0.29, 0.717) is 0 Å². The van der Waals surface area contributed by atoms with E-state index in [1.165, 1.54) is 18.2 Å². The van der Waals surface area contributed by atoms with Crippen molar-refractivity contribution < 1.29 is 28.7 Å². The molecule has 0 saturated heterocycles. The molecule has 2 amide bonds. The van der Waals surface area contributed by atoms with Gasteiger partial charge in [0.15, 0.2) is 0 Å². The average Bonchev–Trinajstić information content (AvgIpc) is 2.70. The smallest absolute Gasteiger partial charge is 0.329 e. The number of nitrogens with one attached hydrogen (secondary N) is 2. The number of pyridine rings is 1. The molecule has 2 atom stereocenters. The number of carbonyl (C=O) groups is 4. The summed E-state index contributed by atoms with van der Waals surface area (Å²) in [5.74, 6) is -2.51. The maximum Gasteiger partial charge on any atom is 0.329 e. The molecule has 1 aromatic rings. The fraction of sp³-hybridized carbons (Fsp3) is 0.471.